The number of rotatable bonds is 9. The van der Waals surface area contributed by atoms with Gasteiger partial charge in [0.05, 0.1) is 5.41 Å². The highest BCUT2D eigenvalue weighted by Crippen LogP contribution is 2.58. The molecule has 0 aromatic heterocycles. The number of hydrogen-bond donors (Lipinski definition) is 0. The molecule has 0 heterocycles. The van der Waals surface area contributed by atoms with E-state index in [2.05, 4.69) is 43.0 Å². The molecule has 1 fully saturated rings. The quantitative estimate of drug-likeness (QED) is 0.496. The molecule has 0 spiro atoms. The Morgan fingerprint density at radius 2 is 1.54 bits per heavy atom. The molecule has 1 atom stereocenters. The predicted octanol–water partition coefficient (Wildman–Crippen LogP) is 6.17. The first kappa shape index (κ1) is 20.9. The molecule has 1 aliphatic carbocycles. The fraction of sp³-hybridized carbons (Fsp3) is 0.500. The first-order valence-corrected chi connectivity index (χ1v) is 10.3. The molecule has 2 aromatic carbocycles. The van der Waals surface area contributed by atoms with Crippen LogP contribution in [0.1, 0.15) is 49.8 Å². The highest BCUT2D eigenvalue weighted by atomic mass is 19.4. The minimum Gasteiger partial charge on any atom is -0.301 e. The number of likely N-dealkylation sites (N-methyl/N-ethyl adjacent to an activating group) is 1. The minimum atomic E-state index is -4.14. The number of aryl methyl sites for hydroxylation is 1. The van der Waals surface area contributed by atoms with E-state index >= 15 is 0 Å². The van der Waals surface area contributed by atoms with Crippen molar-refractivity contribution in [2.24, 2.45) is 0 Å². The molecular weight excluding hydrogens is 359 g/mol. The maximum absolute atomic E-state index is 13.3. The Hall–Kier alpha value is -1.81. The largest absolute Gasteiger partial charge is 0.398 e. The number of alkyl halides is 3. The Bertz CT molecular complexity index is 733. The van der Waals surface area contributed by atoms with E-state index in [1.807, 2.05) is 18.2 Å². The Kier molecular flexibility index (Phi) is 6.49. The van der Waals surface area contributed by atoms with E-state index < -0.39 is 11.6 Å². The van der Waals surface area contributed by atoms with Crippen molar-refractivity contribution in [3.63, 3.8) is 0 Å². The van der Waals surface area contributed by atoms with Crippen molar-refractivity contribution < 1.29 is 13.2 Å². The summed E-state index contributed by atoms with van der Waals surface area (Å²) in [5.74, 6) is 0. The molecule has 2 aromatic rings. The van der Waals surface area contributed by atoms with Gasteiger partial charge < -0.3 is 4.90 Å². The first-order valence-electron chi connectivity index (χ1n) is 10.3. The zero-order valence-corrected chi connectivity index (χ0v) is 16.8. The molecule has 0 N–H and O–H groups in total. The summed E-state index contributed by atoms with van der Waals surface area (Å²) >= 11 is 0. The number of nitrogens with zero attached hydrogens (tertiary/aromatic N) is 1. The summed E-state index contributed by atoms with van der Waals surface area (Å²) in [4.78, 5) is 2.48. The van der Waals surface area contributed by atoms with Gasteiger partial charge in [0.2, 0.25) is 0 Å². The molecule has 1 nitrogen and oxygen atoms in total. The molecule has 1 aliphatic rings. The lowest BCUT2D eigenvalue weighted by molar-refractivity contribution is -0.160. The summed E-state index contributed by atoms with van der Waals surface area (Å²) in [5.41, 5.74) is 1.32. The van der Waals surface area contributed by atoms with Gasteiger partial charge in [-0.3, -0.25) is 0 Å². The highest BCUT2D eigenvalue weighted by Gasteiger charge is 2.64. The maximum atomic E-state index is 13.3. The van der Waals surface area contributed by atoms with E-state index in [-0.39, 0.29) is 12.8 Å². The molecule has 28 heavy (non-hydrogen) atoms. The van der Waals surface area contributed by atoms with Crippen LogP contribution in [0.2, 0.25) is 0 Å². The first-order chi connectivity index (χ1) is 13.4. The van der Waals surface area contributed by atoms with Crippen molar-refractivity contribution in [1.29, 1.82) is 0 Å². The van der Waals surface area contributed by atoms with Crippen molar-refractivity contribution in [1.82, 2.24) is 4.90 Å². The van der Waals surface area contributed by atoms with Gasteiger partial charge in [-0.2, -0.15) is 13.2 Å². The third kappa shape index (κ3) is 4.78. The fourth-order valence-corrected chi connectivity index (χ4v) is 4.02. The zero-order chi connectivity index (χ0) is 20.2. The molecule has 0 saturated heterocycles. The van der Waals surface area contributed by atoms with E-state index in [0.717, 1.165) is 37.9 Å². The zero-order valence-electron chi connectivity index (χ0n) is 16.8. The van der Waals surface area contributed by atoms with Gasteiger partial charge in [0, 0.05) is 12.6 Å². The van der Waals surface area contributed by atoms with Crippen molar-refractivity contribution in [3.05, 3.63) is 71.3 Å². The van der Waals surface area contributed by atoms with E-state index in [1.165, 1.54) is 5.56 Å². The number of benzene rings is 2. The van der Waals surface area contributed by atoms with E-state index in [1.54, 1.807) is 12.1 Å². The molecule has 0 aliphatic heterocycles. The van der Waals surface area contributed by atoms with Gasteiger partial charge >= 0.3 is 6.18 Å². The Balaban J connectivity index is 1.51. The van der Waals surface area contributed by atoms with Crippen LogP contribution in [-0.2, 0) is 18.3 Å². The second kappa shape index (κ2) is 8.69. The van der Waals surface area contributed by atoms with Crippen molar-refractivity contribution >= 4 is 0 Å². The second-order valence-electron chi connectivity index (χ2n) is 8.03. The smallest absolute Gasteiger partial charge is 0.301 e. The van der Waals surface area contributed by atoms with Gasteiger partial charge in [-0.05, 0) is 62.3 Å². The fourth-order valence-electron chi connectivity index (χ4n) is 4.02. The third-order valence-corrected chi connectivity index (χ3v) is 6.21. The van der Waals surface area contributed by atoms with Crippen molar-refractivity contribution in [2.75, 3.05) is 13.1 Å². The summed E-state index contributed by atoms with van der Waals surface area (Å²) in [6.45, 7) is 6.45. The minimum absolute atomic E-state index is 0.222. The van der Waals surface area contributed by atoms with Crippen LogP contribution in [0.25, 0.3) is 0 Å². The SMILES string of the molecule is CCN(CCc1ccccc1)C(C)CCc1ccc(C2(C(F)(F)F)CC2)cc1. The monoisotopic (exact) mass is 389 g/mol. The van der Waals surface area contributed by atoms with E-state index in [4.69, 9.17) is 0 Å². The third-order valence-electron chi connectivity index (χ3n) is 6.21. The standard InChI is InChI=1S/C24H30F3N/c1-3-28(18-15-20-7-5-4-6-8-20)19(2)9-10-21-11-13-22(14-12-21)23(16-17-23)24(25,26)27/h4-8,11-14,19H,3,9-10,15-18H2,1-2H3. The number of halogens is 3. The van der Waals surface area contributed by atoms with Crippen LogP contribution in [0.5, 0.6) is 0 Å². The molecule has 3 rings (SSSR count). The normalized spacial score (nSPS) is 16.9. The van der Waals surface area contributed by atoms with Gasteiger partial charge in [0.25, 0.3) is 0 Å². The lowest BCUT2D eigenvalue weighted by atomic mass is 9.93. The second-order valence-corrected chi connectivity index (χ2v) is 8.03. The van der Waals surface area contributed by atoms with Gasteiger partial charge in [0.1, 0.15) is 0 Å². The predicted molar refractivity (Wildman–Crippen MR) is 109 cm³/mol. The van der Waals surface area contributed by atoms with E-state index in [0.29, 0.717) is 11.6 Å². The average Bonchev–Trinajstić information content (AvgIpc) is 3.50. The van der Waals surface area contributed by atoms with Crippen LogP contribution in [0, 0.1) is 0 Å². The van der Waals surface area contributed by atoms with Crippen LogP contribution in [0.15, 0.2) is 54.6 Å². The number of hydrogen-bond acceptors (Lipinski definition) is 1. The van der Waals surface area contributed by atoms with Crippen molar-refractivity contribution in [3.8, 4) is 0 Å². The molecule has 4 heteroatoms. The summed E-state index contributed by atoms with van der Waals surface area (Å²) in [6.07, 6.45) is -0.759. The molecule has 1 unspecified atom stereocenters. The Labute approximate surface area is 166 Å². The summed E-state index contributed by atoms with van der Waals surface area (Å²) < 4.78 is 39.8. The molecule has 0 bridgehead atoms. The summed E-state index contributed by atoms with van der Waals surface area (Å²) in [5, 5.41) is 0. The van der Waals surface area contributed by atoms with Crippen LogP contribution >= 0.6 is 0 Å². The van der Waals surface area contributed by atoms with Gasteiger partial charge in [0.15, 0.2) is 0 Å². The Morgan fingerprint density at radius 3 is 2.07 bits per heavy atom. The van der Waals surface area contributed by atoms with Crippen LogP contribution in [-0.4, -0.2) is 30.2 Å². The topological polar surface area (TPSA) is 3.24 Å². The molecule has 0 radical (unpaired) electrons. The van der Waals surface area contributed by atoms with Crippen LogP contribution in [0.4, 0.5) is 13.2 Å². The van der Waals surface area contributed by atoms with Gasteiger partial charge in [-0.1, -0.05) is 61.5 Å². The lowest BCUT2D eigenvalue weighted by Gasteiger charge is -2.28. The van der Waals surface area contributed by atoms with Crippen LogP contribution < -0.4 is 0 Å². The average molecular weight is 390 g/mol. The van der Waals surface area contributed by atoms with Crippen LogP contribution in [0.3, 0.4) is 0 Å². The van der Waals surface area contributed by atoms with Gasteiger partial charge in [-0.15, -0.1) is 0 Å². The van der Waals surface area contributed by atoms with Gasteiger partial charge in [-0.25, -0.2) is 0 Å². The summed E-state index contributed by atoms with van der Waals surface area (Å²) in [6, 6.07) is 18.1. The highest BCUT2D eigenvalue weighted by molar-refractivity contribution is 5.35. The summed E-state index contributed by atoms with van der Waals surface area (Å²) in [7, 11) is 0. The van der Waals surface area contributed by atoms with Crippen molar-refractivity contribution in [2.45, 2.75) is 63.6 Å². The molecule has 0 amide bonds. The lowest BCUT2D eigenvalue weighted by Crippen LogP contribution is -2.35. The maximum Gasteiger partial charge on any atom is 0.398 e. The molecular formula is C24H30F3N. The molecule has 152 valence electrons. The molecule has 1 saturated carbocycles. The Morgan fingerprint density at radius 1 is 0.929 bits per heavy atom. The van der Waals surface area contributed by atoms with E-state index in [9.17, 15) is 13.2 Å².